The van der Waals surface area contributed by atoms with Crippen molar-refractivity contribution >= 4 is 76.3 Å². The van der Waals surface area contributed by atoms with Crippen LogP contribution >= 0.6 is 18.7 Å². The van der Waals surface area contributed by atoms with E-state index >= 15 is 0 Å². The average molecular weight is 842 g/mol. The Kier molecular flexibility index (Phi) is 13.4. The number of fused-ring (bicyclic) bond motifs is 1. The minimum atomic E-state index is -2.54. The number of hydrogen-bond acceptors (Lipinski definition) is 12. The smallest absolute Gasteiger partial charge is 0.255 e. The van der Waals surface area contributed by atoms with Gasteiger partial charge >= 0.3 is 0 Å². The molecule has 0 aliphatic carbocycles. The van der Waals surface area contributed by atoms with Crippen molar-refractivity contribution in [1.29, 1.82) is 0 Å². The highest BCUT2D eigenvalue weighted by atomic mass is 35.5. The Bertz CT molecular complexity index is 2230. The number of amides is 3. The summed E-state index contributed by atoms with van der Waals surface area (Å²) in [5.41, 5.74) is 5.02. The zero-order chi connectivity index (χ0) is 41.5. The number of para-hydroxylation sites is 1. The molecule has 1 aromatic heterocycles. The molecule has 2 saturated heterocycles. The summed E-state index contributed by atoms with van der Waals surface area (Å²) in [6.45, 7) is 7.60. The van der Waals surface area contributed by atoms with Gasteiger partial charge in [-0.1, -0.05) is 36.6 Å². The molecule has 4 aromatic rings. The van der Waals surface area contributed by atoms with Crippen LogP contribution in [0, 0.1) is 0 Å². The number of nitrogens with zero attached hydrogens (tertiary/aromatic N) is 4. The second-order valence-corrected chi connectivity index (χ2v) is 19.3. The van der Waals surface area contributed by atoms with Gasteiger partial charge in [0, 0.05) is 67.0 Å². The Morgan fingerprint density at radius 1 is 0.915 bits per heavy atom. The van der Waals surface area contributed by atoms with Gasteiger partial charge in [-0.05, 0) is 100 Å². The van der Waals surface area contributed by atoms with E-state index in [-0.39, 0.29) is 24.1 Å². The minimum Gasteiger partial charge on any atom is -0.494 e. The zero-order valence-electron chi connectivity index (χ0n) is 33.9. The maximum atomic E-state index is 13.0. The van der Waals surface area contributed by atoms with E-state index < -0.39 is 13.2 Å². The number of unbranched alkanes of at least 4 members (excludes halogenated alkanes) is 3. The Morgan fingerprint density at radius 2 is 1.69 bits per heavy atom. The molecule has 5 N–H and O–H groups in total. The van der Waals surface area contributed by atoms with E-state index in [0.29, 0.717) is 52.8 Å². The number of aromatic nitrogens is 2. The van der Waals surface area contributed by atoms with E-state index in [1.165, 1.54) is 6.20 Å². The number of anilines is 6. The molecule has 3 amide bonds. The van der Waals surface area contributed by atoms with Crippen LogP contribution in [0.5, 0.6) is 5.75 Å². The molecule has 0 saturated carbocycles. The van der Waals surface area contributed by atoms with E-state index in [1.807, 2.05) is 54.6 Å². The van der Waals surface area contributed by atoms with Crippen LogP contribution < -0.4 is 41.5 Å². The molecule has 0 spiro atoms. The zero-order valence-corrected chi connectivity index (χ0v) is 35.5. The minimum absolute atomic E-state index is 0.150. The number of methoxy groups -OCH3 is 1. The second-order valence-electron chi connectivity index (χ2n) is 15.7. The number of carbonyl (C=O) groups is 3. The third-order valence-electron chi connectivity index (χ3n) is 11.2. The maximum Gasteiger partial charge on any atom is 0.255 e. The number of ether oxygens (including phenoxy) is 1. The van der Waals surface area contributed by atoms with Crippen molar-refractivity contribution in [2.24, 2.45) is 0 Å². The quantitative estimate of drug-likeness (QED) is 0.0426. The molecule has 14 nitrogen and oxygen atoms in total. The van der Waals surface area contributed by atoms with E-state index in [4.69, 9.17) is 16.3 Å². The summed E-state index contributed by atoms with van der Waals surface area (Å²) in [6.07, 6.45) is 8.74. The van der Waals surface area contributed by atoms with Gasteiger partial charge in [-0.2, -0.15) is 4.98 Å². The summed E-state index contributed by atoms with van der Waals surface area (Å²) in [5.74, 6) is 0.604. The first-order chi connectivity index (χ1) is 28.5. The number of piperidine rings is 2. The molecule has 4 heterocycles. The molecule has 59 heavy (non-hydrogen) atoms. The number of halogens is 1. The molecule has 1 unspecified atom stereocenters. The van der Waals surface area contributed by atoms with E-state index in [9.17, 15) is 18.9 Å². The number of nitrogens with one attached hydrogen (secondary N) is 5. The van der Waals surface area contributed by atoms with Crippen LogP contribution in [0.3, 0.4) is 0 Å². The van der Waals surface area contributed by atoms with Crippen LogP contribution in [-0.2, 0) is 20.7 Å². The van der Waals surface area contributed by atoms with Crippen molar-refractivity contribution in [1.82, 2.24) is 25.5 Å². The van der Waals surface area contributed by atoms with Crippen molar-refractivity contribution in [3.63, 3.8) is 0 Å². The van der Waals surface area contributed by atoms with E-state index in [2.05, 4.69) is 47.5 Å². The lowest BCUT2D eigenvalue weighted by atomic mass is 10.0. The van der Waals surface area contributed by atoms with Crippen molar-refractivity contribution in [3.8, 4) is 5.75 Å². The molecule has 16 heteroatoms. The van der Waals surface area contributed by atoms with Crippen molar-refractivity contribution < 1.29 is 23.7 Å². The van der Waals surface area contributed by atoms with Gasteiger partial charge in [0.2, 0.25) is 17.8 Å². The van der Waals surface area contributed by atoms with Crippen LogP contribution in [0.25, 0.3) is 0 Å². The topological polar surface area (TPSA) is 170 Å². The van der Waals surface area contributed by atoms with Gasteiger partial charge in [0.15, 0.2) is 5.82 Å². The predicted octanol–water partition coefficient (Wildman–Crippen LogP) is 6.87. The second kappa shape index (κ2) is 18.8. The third-order valence-corrected chi connectivity index (χ3v) is 13.0. The molecule has 0 bridgehead atoms. The van der Waals surface area contributed by atoms with Crippen molar-refractivity contribution in [2.45, 2.75) is 70.0 Å². The fourth-order valence-corrected chi connectivity index (χ4v) is 9.25. The van der Waals surface area contributed by atoms with Gasteiger partial charge in [0.1, 0.15) is 24.0 Å². The molecule has 2 fully saturated rings. The van der Waals surface area contributed by atoms with Crippen LogP contribution in [0.1, 0.15) is 67.3 Å². The van der Waals surface area contributed by atoms with Crippen LogP contribution in [0.2, 0.25) is 5.02 Å². The monoisotopic (exact) mass is 841 g/mol. The normalized spacial score (nSPS) is 17.2. The first-order valence-corrected chi connectivity index (χ1v) is 23.3. The predicted molar refractivity (Wildman–Crippen MR) is 235 cm³/mol. The third kappa shape index (κ3) is 10.4. The largest absolute Gasteiger partial charge is 0.494 e. The Hall–Kier alpha value is -5.17. The summed E-state index contributed by atoms with van der Waals surface area (Å²) >= 11 is 6.46. The lowest BCUT2D eigenvalue weighted by Crippen LogP contribution is -2.52. The SMILES string of the molecule is COc1cc(N2CCC(NCCCCCCNc3ccc4c(c3)CN(C3CCC(=O)NC3=O)C4=O)CC2)ccc1Nc1ncc(Cl)c(Nc2ccccc2P(C)(C)=O)n1. The first kappa shape index (κ1) is 42.0. The first-order valence-electron chi connectivity index (χ1n) is 20.4. The fraction of sp³-hybridized carbons (Fsp3) is 0.419. The number of benzene rings is 3. The molecule has 3 aromatic carbocycles. The van der Waals surface area contributed by atoms with Gasteiger partial charge in [-0.3, -0.25) is 19.7 Å². The molecule has 3 aliphatic rings. The van der Waals surface area contributed by atoms with Gasteiger partial charge < -0.3 is 40.4 Å². The number of imide groups is 1. The maximum absolute atomic E-state index is 13.0. The molecule has 7 rings (SSSR count). The van der Waals surface area contributed by atoms with Crippen LogP contribution in [-0.4, -0.2) is 91.3 Å². The average Bonchev–Trinajstić information content (AvgIpc) is 3.55. The Balaban J connectivity index is 0.802. The van der Waals surface area contributed by atoms with Gasteiger partial charge in [0.25, 0.3) is 5.91 Å². The highest BCUT2D eigenvalue weighted by Gasteiger charge is 2.39. The summed E-state index contributed by atoms with van der Waals surface area (Å²) < 4.78 is 18.7. The fourth-order valence-electron chi connectivity index (χ4n) is 7.96. The van der Waals surface area contributed by atoms with Crippen LogP contribution in [0.4, 0.5) is 34.5 Å². The molecular formula is C43H53ClN9O5P. The van der Waals surface area contributed by atoms with Gasteiger partial charge in [-0.15, -0.1) is 0 Å². The van der Waals surface area contributed by atoms with Gasteiger partial charge in [-0.25, -0.2) is 4.98 Å². The number of hydrogen-bond donors (Lipinski definition) is 5. The van der Waals surface area contributed by atoms with Crippen molar-refractivity contribution in [2.75, 3.05) is 67.5 Å². The summed E-state index contributed by atoms with van der Waals surface area (Å²) in [5, 5.41) is 17.2. The Morgan fingerprint density at radius 3 is 2.46 bits per heavy atom. The van der Waals surface area contributed by atoms with Gasteiger partial charge in [0.05, 0.1) is 24.7 Å². The summed E-state index contributed by atoms with van der Waals surface area (Å²) in [4.78, 5) is 49.8. The molecule has 312 valence electrons. The van der Waals surface area contributed by atoms with Crippen LogP contribution in [0.15, 0.2) is 66.9 Å². The lowest BCUT2D eigenvalue weighted by Gasteiger charge is -2.34. The molecular weight excluding hydrogens is 789 g/mol. The molecule has 1 atom stereocenters. The van der Waals surface area contributed by atoms with E-state index in [1.54, 1.807) is 25.3 Å². The Labute approximate surface area is 350 Å². The highest BCUT2D eigenvalue weighted by Crippen LogP contribution is 2.39. The highest BCUT2D eigenvalue weighted by molar-refractivity contribution is 7.70. The summed E-state index contributed by atoms with van der Waals surface area (Å²) in [7, 11) is -0.891. The summed E-state index contributed by atoms with van der Waals surface area (Å²) in [6, 6.07) is 19.2. The lowest BCUT2D eigenvalue weighted by molar-refractivity contribution is -0.136. The standard InChI is InChI=1S/C43H53ClN9O5P/c1-58-37-25-31(13-15-34(37)49-43-47-26-33(44)40(51-43)48-35-10-6-7-11-38(35)59(2,3)57)52-22-18-29(19-23-52)45-20-8-4-5-9-21-46-30-12-14-32-28(24-30)27-53(42(32)56)36-16-17-39(54)50-41(36)55/h6-7,10-15,24-26,29,36,45-46H,4-5,8-9,16-23,27H2,1-3H3,(H,50,54,55)(H2,47,48,49,51). The molecule has 3 aliphatic heterocycles. The van der Waals surface area contributed by atoms with E-state index in [0.717, 1.165) is 92.6 Å². The number of rotatable bonds is 17. The van der Waals surface area contributed by atoms with Crippen molar-refractivity contribution in [3.05, 3.63) is 83.0 Å². The number of carbonyl (C=O) groups excluding carboxylic acids is 3. The molecule has 0 radical (unpaired) electrons.